The van der Waals surface area contributed by atoms with E-state index in [1.54, 1.807) is 7.05 Å². The fourth-order valence-electron chi connectivity index (χ4n) is 2.31. The topological polar surface area (TPSA) is 87.1 Å². The molecular weight excluding hydrogens is 322 g/mol. The Labute approximate surface area is 146 Å². The van der Waals surface area contributed by atoms with E-state index < -0.39 is 12.1 Å². The summed E-state index contributed by atoms with van der Waals surface area (Å²) >= 11 is 0. The second-order valence-corrected chi connectivity index (χ2v) is 5.72. The fraction of sp³-hybridized carbons (Fsp3) is 0.263. The molecule has 0 bridgehead atoms. The van der Waals surface area contributed by atoms with E-state index in [1.807, 2.05) is 30.3 Å². The Morgan fingerprint density at radius 2 is 1.64 bits per heavy atom. The molecule has 0 saturated carbocycles. The number of rotatable bonds is 8. The predicted octanol–water partition coefficient (Wildman–Crippen LogP) is 2.03. The lowest BCUT2D eigenvalue weighted by Crippen LogP contribution is -2.36. The first-order chi connectivity index (χ1) is 12.0. The summed E-state index contributed by atoms with van der Waals surface area (Å²) in [6, 6.07) is 15.3. The first-order valence-corrected chi connectivity index (χ1v) is 7.86. The molecule has 2 aromatic carbocycles. The highest BCUT2D eigenvalue weighted by Gasteiger charge is 2.16. The van der Waals surface area contributed by atoms with Gasteiger partial charge in [-0.25, -0.2) is 4.79 Å². The van der Waals surface area contributed by atoms with Gasteiger partial charge < -0.3 is 19.8 Å². The lowest BCUT2D eigenvalue weighted by Gasteiger charge is -2.21. The number of hydrogen-bond donors (Lipinski definition) is 2. The van der Waals surface area contributed by atoms with Crippen molar-refractivity contribution in [3.05, 3.63) is 71.3 Å². The highest BCUT2D eigenvalue weighted by molar-refractivity contribution is 5.95. The monoisotopic (exact) mass is 343 g/mol. The lowest BCUT2D eigenvalue weighted by atomic mass is 10.1. The van der Waals surface area contributed by atoms with Gasteiger partial charge in [0.05, 0.1) is 24.9 Å². The molecule has 0 fully saturated rings. The number of likely N-dealkylation sites (N-methyl/N-ethyl adjacent to an activating group) is 1. The van der Waals surface area contributed by atoms with Crippen LogP contribution in [0.2, 0.25) is 0 Å². The van der Waals surface area contributed by atoms with Crippen LogP contribution in [0.4, 0.5) is 0 Å². The zero-order valence-corrected chi connectivity index (χ0v) is 14.0. The van der Waals surface area contributed by atoms with Crippen LogP contribution in [0.15, 0.2) is 54.6 Å². The number of aromatic carboxylic acids is 1. The number of ether oxygens (including phenoxy) is 1. The number of amides is 1. The molecule has 1 atom stereocenters. The smallest absolute Gasteiger partial charge is 0.335 e. The molecule has 1 unspecified atom stereocenters. The minimum atomic E-state index is -1.04. The second kappa shape index (κ2) is 8.96. The van der Waals surface area contributed by atoms with E-state index in [2.05, 4.69) is 0 Å². The van der Waals surface area contributed by atoms with Crippen LogP contribution in [0.3, 0.4) is 0 Å². The average Bonchev–Trinajstić information content (AvgIpc) is 2.62. The van der Waals surface area contributed by atoms with Crippen molar-refractivity contribution in [3.63, 3.8) is 0 Å². The van der Waals surface area contributed by atoms with Crippen molar-refractivity contribution in [3.8, 4) is 0 Å². The molecule has 25 heavy (non-hydrogen) atoms. The predicted molar refractivity (Wildman–Crippen MR) is 92.5 cm³/mol. The largest absolute Gasteiger partial charge is 0.478 e. The normalized spacial score (nSPS) is 11.8. The van der Waals surface area contributed by atoms with E-state index in [0.29, 0.717) is 12.2 Å². The van der Waals surface area contributed by atoms with Gasteiger partial charge in [0.2, 0.25) is 0 Å². The summed E-state index contributed by atoms with van der Waals surface area (Å²) in [5.74, 6) is -1.34. The van der Waals surface area contributed by atoms with Crippen LogP contribution in [-0.2, 0) is 11.3 Å². The molecule has 0 heterocycles. The molecule has 0 aliphatic heterocycles. The molecule has 1 amide bonds. The van der Waals surface area contributed by atoms with Gasteiger partial charge in [-0.1, -0.05) is 30.3 Å². The molecule has 6 nitrogen and oxygen atoms in total. The fourth-order valence-corrected chi connectivity index (χ4v) is 2.31. The minimum absolute atomic E-state index is 0.116. The molecule has 2 aromatic rings. The molecule has 0 aliphatic rings. The number of benzene rings is 2. The van der Waals surface area contributed by atoms with Crippen molar-refractivity contribution in [1.82, 2.24) is 4.90 Å². The van der Waals surface area contributed by atoms with Crippen LogP contribution >= 0.6 is 0 Å². The first kappa shape index (κ1) is 18.6. The number of carboxylic acid groups (broad SMARTS) is 1. The van der Waals surface area contributed by atoms with Gasteiger partial charge in [0, 0.05) is 19.2 Å². The Balaban J connectivity index is 1.80. The van der Waals surface area contributed by atoms with Crippen LogP contribution < -0.4 is 0 Å². The second-order valence-electron chi connectivity index (χ2n) is 5.72. The van der Waals surface area contributed by atoms with Gasteiger partial charge in [0.1, 0.15) is 0 Å². The summed E-state index contributed by atoms with van der Waals surface area (Å²) < 4.78 is 5.46. The summed E-state index contributed by atoms with van der Waals surface area (Å²) in [4.78, 5) is 24.5. The van der Waals surface area contributed by atoms with E-state index in [-0.39, 0.29) is 24.6 Å². The average molecular weight is 343 g/mol. The summed E-state index contributed by atoms with van der Waals surface area (Å²) in [7, 11) is 1.58. The van der Waals surface area contributed by atoms with E-state index >= 15 is 0 Å². The van der Waals surface area contributed by atoms with Crippen LogP contribution in [-0.4, -0.2) is 53.3 Å². The van der Waals surface area contributed by atoms with Gasteiger partial charge >= 0.3 is 5.97 Å². The molecule has 2 N–H and O–H groups in total. The van der Waals surface area contributed by atoms with E-state index in [9.17, 15) is 14.7 Å². The Morgan fingerprint density at radius 3 is 2.24 bits per heavy atom. The summed E-state index contributed by atoms with van der Waals surface area (Å²) in [5, 5.41) is 18.9. The van der Waals surface area contributed by atoms with Gasteiger partial charge in [-0.15, -0.1) is 0 Å². The summed E-state index contributed by atoms with van der Waals surface area (Å²) in [6.45, 7) is 0.630. The number of carbonyl (C=O) groups is 2. The maximum absolute atomic E-state index is 12.3. The van der Waals surface area contributed by atoms with Gasteiger partial charge in [-0.2, -0.15) is 0 Å². The van der Waals surface area contributed by atoms with Gasteiger partial charge in [-0.3, -0.25) is 4.79 Å². The van der Waals surface area contributed by atoms with Crippen LogP contribution in [0, 0.1) is 0 Å². The zero-order valence-electron chi connectivity index (χ0n) is 14.0. The van der Waals surface area contributed by atoms with Crippen molar-refractivity contribution in [2.75, 3.05) is 20.2 Å². The number of carboxylic acids is 1. The Hall–Kier alpha value is -2.70. The molecule has 0 saturated heterocycles. The highest BCUT2D eigenvalue weighted by atomic mass is 16.5. The van der Waals surface area contributed by atoms with Gasteiger partial charge in [-0.05, 0) is 29.8 Å². The molecule has 0 aliphatic carbocycles. The Kier molecular flexibility index (Phi) is 6.68. The van der Waals surface area contributed by atoms with Crippen molar-refractivity contribution in [2.24, 2.45) is 0 Å². The number of hydrogen-bond acceptors (Lipinski definition) is 4. The quantitative estimate of drug-likeness (QED) is 0.766. The molecule has 132 valence electrons. The van der Waals surface area contributed by atoms with Crippen molar-refractivity contribution in [1.29, 1.82) is 0 Å². The SMILES string of the molecule is CN(CC(O)COCc1ccccc1)C(=O)c1ccc(C(=O)O)cc1. The highest BCUT2D eigenvalue weighted by Crippen LogP contribution is 2.08. The third-order valence-corrected chi connectivity index (χ3v) is 3.63. The van der Waals surface area contributed by atoms with Crippen LogP contribution in [0.1, 0.15) is 26.3 Å². The molecular formula is C19H21NO5. The van der Waals surface area contributed by atoms with E-state index in [0.717, 1.165) is 5.56 Å². The third kappa shape index (κ3) is 5.70. The van der Waals surface area contributed by atoms with E-state index in [4.69, 9.17) is 9.84 Å². The van der Waals surface area contributed by atoms with Crippen molar-refractivity contribution < 1.29 is 24.5 Å². The van der Waals surface area contributed by atoms with Crippen molar-refractivity contribution in [2.45, 2.75) is 12.7 Å². The van der Waals surface area contributed by atoms with E-state index in [1.165, 1.54) is 29.2 Å². The molecule has 6 heteroatoms. The maximum Gasteiger partial charge on any atom is 0.335 e. The number of aliphatic hydroxyl groups excluding tert-OH is 1. The minimum Gasteiger partial charge on any atom is -0.478 e. The van der Waals surface area contributed by atoms with Gasteiger partial charge in [0.25, 0.3) is 5.91 Å². The summed E-state index contributed by atoms with van der Waals surface area (Å²) in [5.41, 5.74) is 1.50. The first-order valence-electron chi connectivity index (χ1n) is 7.86. The Morgan fingerprint density at radius 1 is 1.04 bits per heavy atom. The number of aliphatic hydroxyl groups is 1. The number of carbonyl (C=O) groups excluding carboxylic acids is 1. The molecule has 0 radical (unpaired) electrons. The molecule has 0 spiro atoms. The Bertz CT molecular complexity index is 700. The van der Waals surface area contributed by atoms with Gasteiger partial charge in [0.15, 0.2) is 0 Å². The molecule has 2 rings (SSSR count). The van der Waals surface area contributed by atoms with Crippen LogP contribution in [0.5, 0.6) is 0 Å². The third-order valence-electron chi connectivity index (χ3n) is 3.63. The van der Waals surface area contributed by atoms with Crippen molar-refractivity contribution >= 4 is 11.9 Å². The zero-order chi connectivity index (χ0) is 18.2. The summed E-state index contributed by atoms with van der Waals surface area (Å²) in [6.07, 6.45) is -0.809. The maximum atomic E-state index is 12.3. The lowest BCUT2D eigenvalue weighted by molar-refractivity contribution is 0.0137. The van der Waals surface area contributed by atoms with Crippen LogP contribution in [0.25, 0.3) is 0 Å². The molecule has 0 aromatic heterocycles. The standard InChI is InChI=1S/C19H21NO5/c1-20(18(22)15-7-9-16(10-8-15)19(23)24)11-17(21)13-25-12-14-5-3-2-4-6-14/h2-10,17,21H,11-13H2,1H3,(H,23,24). The number of nitrogens with zero attached hydrogens (tertiary/aromatic N) is 1.